The molecule has 0 spiro atoms. The van der Waals surface area contributed by atoms with Crippen molar-refractivity contribution in [2.75, 3.05) is 11.9 Å². The molecule has 31 heavy (non-hydrogen) atoms. The third-order valence-corrected chi connectivity index (χ3v) is 5.90. The SMILES string of the molecule is CC1CCc2c(sc(NC(=O)COc3c(F)c(F)cc(F)c3F)c2C(=O)OC(C)C)C1. The number of carbonyl (C=O) groups is 2. The van der Waals surface area contributed by atoms with Crippen molar-refractivity contribution in [3.05, 3.63) is 45.3 Å². The van der Waals surface area contributed by atoms with Crippen LogP contribution in [-0.2, 0) is 22.4 Å². The van der Waals surface area contributed by atoms with E-state index in [0.717, 1.165) is 23.3 Å². The average molecular weight is 459 g/mol. The highest BCUT2D eigenvalue weighted by molar-refractivity contribution is 7.17. The zero-order valence-electron chi connectivity index (χ0n) is 17.1. The maximum absolute atomic E-state index is 13.7. The number of amides is 1. The highest BCUT2D eigenvalue weighted by atomic mass is 32.1. The van der Waals surface area contributed by atoms with Crippen LogP contribution in [0.4, 0.5) is 22.6 Å². The van der Waals surface area contributed by atoms with Crippen LogP contribution in [-0.4, -0.2) is 24.6 Å². The highest BCUT2D eigenvalue weighted by Gasteiger charge is 2.30. The zero-order chi connectivity index (χ0) is 22.9. The summed E-state index contributed by atoms with van der Waals surface area (Å²) < 4.78 is 64.0. The van der Waals surface area contributed by atoms with Gasteiger partial charge in [0.05, 0.1) is 11.7 Å². The fourth-order valence-electron chi connectivity index (χ4n) is 3.31. The van der Waals surface area contributed by atoms with Gasteiger partial charge in [-0.1, -0.05) is 6.92 Å². The van der Waals surface area contributed by atoms with E-state index in [1.807, 2.05) is 0 Å². The number of ether oxygens (including phenoxy) is 2. The van der Waals surface area contributed by atoms with Gasteiger partial charge in [0.1, 0.15) is 5.00 Å². The predicted octanol–water partition coefficient (Wildman–Crippen LogP) is 5.01. The van der Waals surface area contributed by atoms with Gasteiger partial charge >= 0.3 is 5.97 Å². The Morgan fingerprint density at radius 1 is 1.19 bits per heavy atom. The van der Waals surface area contributed by atoms with Crippen molar-refractivity contribution >= 4 is 28.2 Å². The normalized spacial score (nSPS) is 15.5. The summed E-state index contributed by atoms with van der Waals surface area (Å²) in [6, 6.07) is 0.0430. The molecule has 168 valence electrons. The number of anilines is 1. The zero-order valence-corrected chi connectivity index (χ0v) is 17.9. The van der Waals surface area contributed by atoms with Gasteiger partial charge in [-0.3, -0.25) is 4.79 Å². The lowest BCUT2D eigenvalue weighted by atomic mass is 9.88. The second-order valence-corrected chi connectivity index (χ2v) is 8.75. The largest absolute Gasteiger partial charge is 0.477 e. The maximum atomic E-state index is 13.7. The number of benzene rings is 1. The second-order valence-electron chi connectivity index (χ2n) is 7.64. The lowest BCUT2D eigenvalue weighted by molar-refractivity contribution is -0.118. The smallest absolute Gasteiger partial charge is 0.341 e. The monoisotopic (exact) mass is 459 g/mol. The first kappa shape index (κ1) is 23.1. The molecular weight excluding hydrogens is 438 g/mol. The van der Waals surface area contributed by atoms with Gasteiger partial charge < -0.3 is 14.8 Å². The van der Waals surface area contributed by atoms with Crippen molar-refractivity contribution in [2.24, 2.45) is 5.92 Å². The Kier molecular flexibility index (Phi) is 6.88. The van der Waals surface area contributed by atoms with E-state index in [-0.39, 0.29) is 22.7 Å². The Labute approximate surface area is 180 Å². The Balaban J connectivity index is 1.81. The summed E-state index contributed by atoms with van der Waals surface area (Å²) in [6.07, 6.45) is 1.91. The molecule has 3 rings (SSSR count). The molecule has 1 heterocycles. The summed E-state index contributed by atoms with van der Waals surface area (Å²) in [6.45, 7) is 4.56. The maximum Gasteiger partial charge on any atom is 0.341 e. The molecule has 1 atom stereocenters. The standard InChI is InChI=1S/C21H21F4NO4S/c1-9(2)30-21(28)16-11-5-4-10(3)6-14(11)31-20(16)26-15(27)8-29-19-17(24)12(22)7-13(23)18(19)25/h7,9-10H,4-6,8H2,1-3H3,(H,26,27). The summed E-state index contributed by atoms with van der Waals surface area (Å²) in [7, 11) is 0. The molecule has 2 aromatic rings. The molecule has 10 heteroatoms. The Bertz CT molecular complexity index is 995. The number of fused-ring (bicyclic) bond motifs is 1. The summed E-state index contributed by atoms with van der Waals surface area (Å²) >= 11 is 1.23. The van der Waals surface area contributed by atoms with Crippen LogP contribution in [0, 0.1) is 29.2 Å². The molecule has 5 nitrogen and oxygen atoms in total. The van der Waals surface area contributed by atoms with Crippen molar-refractivity contribution in [1.82, 2.24) is 0 Å². The number of rotatable bonds is 6. The van der Waals surface area contributed by atoms with E-state index >= 15 is 0 Å². The van der Waals surface area contributed by atoms with Gasteiger partial charge in [0, 0.05) is 10.9 Å². The lowest BCUT2D eigenvalue weighted by Crippen LogP contribution is -2.23. The van der Waals surface area contributed by atoms with Gasteiger partial charge in [0.15, 0.2) is 24.0 Å². The van der Waals surface area contributed by atoms with Crippen LogP contribution in [0.3, 0.4) is 0 Å². The van der Waals surface area contributed by atoms with Crippen LogP contribution in [0.1, 0.15) is 48.0 Å². The first-order valence-electron chi connectivity index (χ1n) is 9.69. The second kappa shape index (κ2) is 9.25. The minimum absolute atomic E-state index is 0.0430. The van der Waals surface area contributed by atoms with Crippen molar-refractivity contribution < 1.29 is 36.6 Å². The molecular formula is C21H21F4NO4S. The van der Waals surface area contributed by atoms with Crippen LogP contribution >= 0.6 is 11.3 Å². The van der Waals surface area contributed by atoms with Crippen molar-refractivity contribution in [3.8, 4) is 5.75 Å². The van der Waals surface area contributed by atoms with E-state index in [9.17, 15) is 27.2 Å². The molecule has 0 radical (unpaired) electrons. The summed E-state index contributed by atoms with van der Waals surface area (Å²) in [4.78, 5) is 25.9. The van der Waals surface area contributed by atoms with Gasteiger partial charge in [0.25, 0.3) is 5.91 Å². The minimum atomic E-state index is -1.74. The Morgan fingerprint density at radius 3 is 2.45 bits per heavy atom. The number of nitrogens with one attached hydrogen (secondary N) is 1. The third-order valence-electron chi connectivity index (χ3n) is 4.73. The van der Waals surface area contributed by atoms with E-state index in [2.05, 4.69) is 12.2 Å². The molecule has 1 aromatic carbocycles. The van der Waals surface area contributed by atoms with Crippen LogP contribution in [0.25, 0.3) is 0 Å². The highest BCUT2D eigenvalue weighted by Crippen LogP contribution is 2.40. The molecule has 0 bridgehead atoms. The van der Waals surface area contributed by atoms with Gasteiger partial charge in [-0.05, 0) is 44.6 Å². The molecule has 0 fully saturated rings. The first-order valence-corrected chi connectivity index (χ1v) is 10.5. The molecule has 1 aromatic heterocycles. The summed E-state index contributed by atoms with van der Waals surface area (Å²) in [5.74, 6) is -9.12. The van der Waals surface area contributed by atoms with Crippen molar-refractivity contribution in [2.45, 2.75) is 46.1 Å². The van der Waals surface area contributed by atoms with Gasteiger partial charge in [-0.25, -0.2) is 13.6 Å². The lowest BCUT2D eigenvalue weighted by Gasteiger charge is -2.18. The number of thiophene rings is 1. The molecule has 1 N–H and O–H groups in total. The van der Waals surface area contributed by atoms with Gasteiger partial charge in [-0.2, -0.15) is 8.78 Å². The van der Waals surface area contributed by atoms with Gasteiger partial charge in [-0.15, -0.1) is 11.3 Å². The third kappa shape index (κ3) is 5.00. The molecule has 0 saturated heterocycles. The average Bonchev–Trinajstić information content (AvgIpc) is 3.02. The molecule has 1 unspecified atom stereocenters. The van der Waals surface area contributed by atoms with E-state index in [4.69, 9.17) is 9.47 Å². The van der Waals surface area contributed by atoms with Crippen molar-refractivity contribution in [3.63, 3.8) is 0 Å². The van der Waals surface area contributed by atoms with Gasteiger partial charge in [0.2, 0.25) is 11.6 Å². The number of hydrogen-bond acceptors (Lipinski definition) is 5. The summed E-state index contributed by atoms with van der Waals surface area (Å²) in [5.41, 5.74) is 1.07. The number of halogens is 4. The Morgan fingerprint density at radius 2 is 1.84 bits per heavy atom. The summed E-state index contributed by atoms with van der Waals surface area (Å²) in [5, 5.41) is 2.74. The topological polar surface area (TPSA) is 64.6 Å². The number of esters is 1. The quantitative estimate of drug-likeness (QED) is 0.375. The van der Waals surface area contributed by atoms with E-state index in [1.54, 1.807) is 13.8 Å². The fraction of sp³-hybridized carbons (Fsp3) is 0.429. The number of hydrogen-bond donors (Lipinski definition) is 1. The van der Waals surface area contributed by atoms with Crippen LogP contribution < -0.4 is 10.1 Å². The van der Waals surface area contributed by atoms with Crippen LogP contribution in [0.2, 0.25) is 0 Å². The van der Waals surface area contributed by atoms with Crippen LogP contribution in [0.15, 0.2) is 6.07 Å². The van der Waals surface area contributed by atoms with E-state index in [0.29, 0.717) is 12.3 Å². The molecule has 1 amide bonds. The first-order chi connectivity index (χ1) is 14.6. The predicted molar refractivity (Wildman–Crippen MR) is 106 cm³/mol. The fourth-order valence-corrected chi connectivity index (χ4v) is 4.72. The van der Waals surface area contributed by atoms with Crippen LogP contribution in [0.5, 0.6) is 5.75 Å². The van der Waals surface area contributed by atoms with E-state index < -0.39 is 47.5 Å². The molecule has 1 aliphatic carbocycles. The molecule has 0 aliphatic heterocycles. The molecule has 0 saturated carbocycles. The number of carbonyl (C=O) groups excluding carboxylic acids is 2. The molecule has 1 aliphatic rings. The van der Waals surface area contributed by atoms with E-state index in [1.165, 1.54) is 11.3 Å². The minimum Gasteiger partial charge on any atom is -0.477 e. The Hall–Kier alpha value is -2.62. The van der Waals surface area contributed by atoms with Crippen molar-refractivity contribution in [1.29, 1.82) is 0 Å².